The zero-order valence-corrected chi connectivity index (χ0v) is 10.6. The van der Waals surface area contributed by atoms with Gasteiger partial charge >= 0.3 is 0 Å². The quantitative estimate of drug-likeness (QED) is 0.628. The average molecular weight is 232 g/mol. The largest absolute Gasteiger partial charge is 0.411 e. The Bertz CT molecular complexity index is 398. The van der Waals surface area contributed by atoms with Crippen molar-refractivity contribution in [1.82, 2.24) is 4.90 Å². The summed E-state index contributed by atoms with van der Waals surface area (Å²) in [7, 11) is 0. The molecule has 1 aliphatic heterocycles. The van der Waals surface area contributed by atoms with Crippen LogP contribution in [0.4, 0.5) is 0 Å². The summed E-state index contributed by atoms with van der Waals surface area (Å²) in [6.45, 7) is 6.34. The smallest absolute Gasteiger partial charge is 0.0601 e. The lowest BCUT2D eigenvalue weighted by atomic mass is 9.88. The van der Waals surface area contributed by atoms with E-state index >= 15 is 0 Å². The van der Waals surface area contributed by atoms with Crippen LogP contribution in [0.25, 0.3) is 0 Å². The Labute approximate surface area is 103 Å². The van der Waals surface area contributed by atoms with Gasteiger partial charge in [-0.2, -0.15) is 0 Å². The molecule has 0 bridgehead atoms. The van der Waals surface area contributed by atoms with Crippen LogP contribution in [-0.2, 0) is 6.54 Å². The lowest BCUT2D eigenvalue weighted by molar-refractivity contribution is 0.105. The fraction of sp³-hybridized carbons (Fsp3) is 0.500. The van der Waals surface area contributed by atoms with Gasteiger partial charge in [0.05, 0.1) is 5.71 Å². The van der Waals surface area contributed by atoms with Crippen LogP contribution in [0.5, 0.6) is 0 Å². The second-order valence-corrected chi connectivity index (χ2v) is 5.31. The summed E-state index contributed by atoms with van der Waals surface area (Å²) >= 11 is 0. The summed E-state index contributed by atoms with van der Waals surface area (Å²) in [5, 5.41) is 12.2. The van der Waals surface area contributed by atoms with Crippen LogP contribution in [0.1, 0.15) is 32.3 Å². The van der Waals surface area contributed by atoms with Gasteiger partial charge in [0.1, 0.15) is 0 Å². The molecule has 3 nitrogen and oxygen atoms in total. The molecule has 92 valence electrons. The van der Waals surface area contributed by atoms with E-state index in [0.29, 0.717) is 0 Å². The first-order chi connectivity index (χ1) is 8.12. The summed E-state index contributed by atoms with van der Waals surface area (Å²) in [6, 6.07) is 10.5. The van der Waals surface area contributed by atoms with Crippen molar-refractivity contribution in [3.05, 3.63) is 35.9 Å². The van der Waals surface area contributed by atoms with E-state index in [9.17, 15) is 0 Å². The van der Waals surface area contributed by atoms with E-state index < -0.39 is 0 Å². The van der Waals surface area contributed by atoms with Crippen LogP contribution in [0.3, 0.4) is 0 Å². The summed E-state index contributed by atoms with van der Waals surface area (Å²) in [6.07, 6.45) is 1.71. The minimum Gasteiger partial charge on any atom is -0.411 e. The number of nitrogens with zero attached hydrogens (tertiary/aromatic N) is 2. The average Bonchev–Trinajstić information content (AvgIpc) is 2.33. The van der Waals surface area contributed by atoms with Gasteiger partial charge in [-0.05, 0) is 19.4 Å². The molecule has 0 spiro atoms. The molecule has 2 rings (SSSR count). The molecule has 0 unspecified atom stereocenters. The third-order valence-electron chi connectivity index (χ3n) is 3.52. The Kier molecular flexibility index (Phi) is 3.48. The normalized spacial score (nSPS) is 22.8. The van der Waals surface area contributed by atoms with Crippen molar-refractivity contribution in [2.24, 2.45) is 5.16 Å². The molecule has 0 aliphatic carbocycles. The molecule has 1 saturated heterocycles. The Hall–Kier alpha value is -1.35. The molecule has 0 amide bonds. The summed E-state index contributed by atoms with van der Waals surface area (Å²) < 4.78 is 0. The molecule has 1 aromatic rings. The fourth-order valence-corrected chi connectivity index (χ4v) is 2.45. The van der Waals surface area contributed by atoms with Crippen LogP contribution in [0, 0.1) is 0 Å². The van der Waals surface area contributed by atoms with Gasteiger partial charge in [0, 0.05) is 31.5 Å². The molecule has 1 N–H and O–H groups in total. The van der Waals surface area contributed by atoms with E-state index in [1.165, 1.54) is 5.56 Å². The van der Waals surface area contributed by atoms with Crippen molar-refractivity contribution in [2.45, 2.75) is 38.8 Å². The molecule has 0 saturated carbocycles. The Balaban J connectivity index is 2.07. The van der Waals surface area contributed by atoms with E-state index in [2.05, 4.69) is 48.2 Å². The number of hydrogen-bond acceptors (Lipinski definition) is 3. The summed E-state index contributed by atoms with van der Waals surface area (Å²) in [4.78, 5) is 2.46. The van der Waals surface area contributed by atoms with Gasteiger partial charge in [-0.3, -0.25) is 4.90 Å². The minimum atomic E-state index is 0.0651. The molecule has 1 aromatic carbocycles. The maximum Gasteiger partial charge on any atom is 0.0601 e. The third-order valence-corrected chi connectivity index (χ3v) is 3.52. The standard InChI is InChI=1S/C14H20N2O/c1-14(2)10-13(15-17)8-9-16(14)11-12-6-4-3-5-7-12/h3-7,17H,8-11H2,1-2H3/b15-13-. The van der Waals surface area contributed by atoms with Gasteiger partial charge in [0.15, 0.2) is 0 Å². The minimum absolute atomic E-state index is 0.0651. The number of likely N-dealkylation sites (tertiary alicyclic amines) is 1. The van der Waals surface area contributed by atoms with Gasteiger partial charge in [-0.1, -0.05) is 35.5 Å². The Morgan fingerprint density at radius 1 is 1.29 bits per heavy atom. The highest BCUT2D eigenvalue weighted by Gasteiger charge is 2.32. The lowest BCUT2D eigenvalue weighted by Crippen LogP contribution is -2.49. The third kappa shape index (κ3) is 2.86. The van der Waals surface area contributed by atoms with Gasteiger partial charge in [-0.15, -0.1) is 0 Å². The predicted octanol–water partition coefficient (Wildman–Crippen LogP) is 2.89. The highest BCUT2D eigenvalue weighted by atomic mass is 16.4. The molecule has 0 atom stereocenters. The van der Waals surface area contributed by atoms with Gasteiger partial charge < -0.3 is 5.21 Å². The lowest BCUT2D eigenvalue weighted by Gasteiger charge is -2.42. The maximum atomic E-state index is 8.87. The van der Waals surface area contributed by atoms with Crippen LogP contribution >= 0.6 is 0 Å². The van der Waals surface area contributed by atoms with Gasteiger partial charge in [0.25, 0.3) is 0 Å². The van der Waals surface area contributed by atoms with Crippen molar-refractivity contribution in [1.29, 1.82) is 0 Å². The molecule has 17 heavy (non-hydrogen) atoms. The van der Waals surface area contributed by atoms with Crippen LogP contribution in [0.15, 0.2) is 35.5 Å². The van der Waals surface area contributed by atoms with E-state index in [0.717, 1.165) is 31.6 Å². The molecule has 3 heteroatoms. The van der Waals surface area contributed by atoms with E-state index in [1.54, 1.807) is 0 Å². The zero-order chi connectivity index (χ0) is 12.3. The van der Waals surface area contributed by atoms with Crippen LogP contribution in [-0.4, -0.2) is 27.9 Å². The number of benzene rings is 1. The van der Waals surface area contributed by atoms with E-state index in [1.807, 2.05) is 6.07 Å². The SMILES string of the molecule is CC1(C)C/C(=N\O)CCN1Cc1ccccc1. The van der Waals surface area contributed by atoms with Crippen LogP contribution in [0.2, 0.25) is 0 Å². The Morgan fingerprint density at radius 3 is 2.59 bits per heavy atom. The van der Waals surface area contributed by atoms with Crippen LogP contribution < -0.4 is 0 Å². The topological polar surface area (TPSA) is 35.8 Å². The first-order valence-corrected chi connectivity index (χ1v) is 6.10. The number of oxime groups is 1. The van der Waals surface area contributed by atoms with Crippen molar-refractivity contribution >= 4 is 5.71 Å². The van der Waals surface area contributed by atoms with Crippen molar-refractivity contribution < 1.29 is 5.21 Å². The molecule has 1 fully saturated rings. The molecule has 0 aromatic heterocycles. The van der Waals surface area contributed by atoms with Crippen molar-refractivity contribution in [3.8, 4) is 0 Å². The van der Waals surface area contributed by atoms with Crippen molar-refractivity contribution in [2.75, 3.05) is 6.54 Å². The van der Waals surface area contributed by atoms with Crippen molar-refractivity contribution in [3.63, 3.8) is 0 Å². The first kappa shape index (κ1) is 12.1. The molecular weight excluding hydrogens is 212 g/mol. The van der Waals surface area contributed by atoms with Gasteiger partial charge in [-0.25, -0.2) is 0 Å². The van der Waals surface area contributed by atoms with Gasteiger partial charge in [0.2, 0.25) is 0 Å². The number of rotatable bonds is 2. The van der Waals surface area contributed by atoms with E-state index in [4.69, 9.17) is 5.21 Å². The second-order valence-electron chi connectivity index (χ2n) is 5.31. The fourth-order valence-electron chi connectivity index (χ4n) is 2.45. The highest BCUT2D eigenvalue weighted by molar-refractivity contribution is 5.85. The highest BCUT2D eigenvalue weighted by Crippen LogP contribution is 2.27. The zero-order valence-electron chi connectivity index (χ0n) is 10.6. The first-order valence-electron chi connectivity index (χ1n) is 6.10. The Morgan fingerprint density at radius 2 is 2.00 bits per heavy atom. The number of piperidine rings is 1. The molecular formula is C14H20N2O. The summed E-state index contributed by atoms with van der Waals surface area (Å²) in [5.41, 5.74) is 2.32. The maximum absolute atomic E-state index is 8.87. The second kappa shape index (κ2) is 4.88. The number of hydrogen-bond donors (Lipinski definition) is 1. The summed E-state index contributed by atoms with van der Waals surface area (Å²) in [5.74, 6) is 0. The predicted molar refractivity (Wildman–Crippen MR) is 69.4 cm³/mol. The van der Waals surface area contributed by atoms with E-state index in [-0.39, 0.29) is 5.54 Å². The molecule has 0 radical (unpaired) electrons. The molecule has 1 heterocycles. The monoisotopic (exact) mass is 232 g/mol. The molecule has 1 aliphatic rings.